The number of fused-ring (bicyclic) bond motifs is 2. The molecule has 3 rings (SSSR count). The molecule has 2 aliphatic rings. The molecule has 0 bridgehead atoms. The van der Waals surface area contributed by atoms with Gasteiger partial charge in [0.05, 0.1) is 0 Å². The van der Waals surface area contributed by atoms with E-state index in [1.807, 2.05) is 7.05 Å². The van der Waals surface area contributed by atoms with Gasteiger partial charge in [0.25, 0.3) is 0 Å². The lowest BCUT2D eigenvalue weighted by atomic mass is 9.88. The highest BCUT2D eigenvalue weighted by atomic mass is 16.7. The lowest BCUT2D eigenvalue weighted by Crippen LogP contribution is -2.31. The predicted molar refractivity (Wildman–Crippen MR) is 57.4 cm³/mol. The van der Waals surface area contributed by atoms with Crippen molar-refractivity contribution >= 4 is 0 Å². The summed E-state index contributed by atoms with van der Waals surface area (Å²) in [6, 6.07) is 4.89. The lowest BCUT2D eigenvalue weighted by Gasteiger charge is -2.24. The van der Waals surface area contributed by atoms with Crippen molar-refractivity contribution in [3.63, 3.8) is 0 Å². The zero-order valence-electron chi connectivity index (χ0n) is 8.88. The topological polar surface area (TPSA) is 30.5 Å². The SMILES string of the molecule is CNC1CCc2cc3c(cc2C1)OCO3. The minimum atomic E-state index is 0.369. The molecule has 15 heavy (non-hydrogen) atoms. The Labute approximate surface area is 89.4 Å². The molecule has 1 aromatic carbocycles. The summed E-state index contributed by atoms with van der Waals surface area (Å²) < 4.78 is 10.8. The highest BCUT2D eigenvalue weighted by Crippen LogP contribution is 2.37. The molecule has 1 heterocycles. The van der Waals surface area contributed by atoms with Crippen LogP contribution in [-0.2, 0) is 12.8 Å². The number of likely N-dealkylation sites (N-methyl/N-ethyl adjacent to an activating group) is 1. The van der Waals surface area contributed by atoms with Crippen molar-refractivity contribution in [1.82, 2.24) is 5.32 Å². The standard InChI is InChI=1S/C12H15NO2/c1-13-10-3-2-8-5-11-12(15-7-14-11)6-9(8)4-10/h5-6,10,13H,2-4,7H2,1H3. The van der Waals surface area contributed by atoms with Crippen LogP contribution in [0.15, 0.2) is 12.1 Å². The number of ether oxygens (including phenoxy) is 2. The molecule has 1 unspecified atom stereocenters. The van der Waals surface area contributed by atoms with Crippen LogP contribution in [-0.4, -0.2) is 19.9 Å². The van der Waals surface area contributed by atoms with Gasteiger partial charge >= 0.3 is 0 Å². The summed E-state index contributed by atoms with van der Waals surface area (Å²) in [4.78, 5) is 0. The Morgan fingerprint density at radius 2 is 1.93 bits per heavy atom. The van der Waals surface area contributed by atoms with Gasteiger partial charge in [0.2, 0.25) is 6.79 Å². The highest BCUT2D eigenvalue weighted by molar-refractivity contribution is 5.49. The van der Waals surface area contributed by atoms with E-state index in [2.05, 4.69) is 17.4 Å². The quantitative estimate of drug-likeness (QED) is 0.753. The largest absolute Gasteiger partial charge is 0.454 e. The molecule has 1 atom stereocenters. The maximum absolute atomic E-state index is 5.39. The summed E-state index contributed by atoms with van der Waals surface area (Å²) in [5, 5.41) is 3.34. The number of rotatable bonds is 1. The van der Waals surface area contributed by atoms with Crippen LogP contribution in [0.3, 0.4) is 0 Å². The molecule has 1 aliphatic heterocycles. The predicted octanol–water partition coefficient (Wildman–Crippen LogP) is 1.49. The van der Waals surface area contributed by atoms with E-state index >= 15 is 0 Å². The van der Waals surface area contributed by atoms with E-state index < -0.39 is 0 Å². The summed E-state index contributed by atoms with van der Waals surface area (Å²) in [5.41, 5.74) is 2.83. The summed E-state index contributed by atoms with van der Waals surface area (Å²) in [7, 11) is 2.03. The Bertz CT molecular complexity index is 389. The van der Waals surface area contributed by atoms with Crippen molar-refractivity contribution in [2.45, 2.75) is 25.3 Å². The van der Waals surface area contributed by atoms with Crippen LogP contribution in [0.25, 0.3) is 0 Å². The molecule has 80 valence electrons. The van der Waals surface area contributed by atoms with Gasteiger partial charge in [0, 0.05) is 6.04 Å². The van der Waals surface area contributed by atoms with Crippen LogP contribution < -0.4 is 14.8 Å². The molecule has 1 aliphatic carbocycles. The maximum atomic E-state index is 5.39. The maximum Gasteiger partial charge on any atom is 0.231 e. The van der Waals surface area contributed by atoms with Crippen LogP contribution in [0.2, 0.25) is 0 Å². The molecule has 0 saturated carbocycles. The van der Waals surface area contributed by atoms with Crippen molar-refractivity contribution < 1.29 is 9.47 Å². The monoisotopic (exact) mass is 205 g/mol. The molecule has 0 fully saturated rings. The molecule has 0 aromatic heterocycles. The first-order chi connectivity index (χ1) is 7.36. The molecule has 1 aromatic rings. The zero-order chi connectivity index (χ0) is 10.3. The van der Waals surface area contributed by atoms with E-state index in [0.717, 1.165) is 24.3 Å². The number of benzene rings is 1. The second-order valence-electron chi connectivity index (χ2n) is 4.20. The van der Waals surface area contributed by atoms with Gasteiger partial charge in [0.15, 0.2) is 11.5 Å². The number of hydrogen-bond donors (Lipinski definition) is 1. The second kappa shape index (κ2) is 3.42. The molecule has 0 saturated heterocycles. The fraction of sp³-hybridized carbons (Fsp3) is 0.500. The summed E-state index contributed by atoms with van der Waals surface area (Å²) in [5.74, 6) is 1.82. The van der Waals surface area contributed by atoms with Crippen molar-refractivity contribution in [1.29, 1.82) is 0 Å². The Morgan fingerprint density at radius 3 is 2.67 bits per heavy atom. The van der Waals surface area contributed by atoms with E-state index in [-0.39, 0.29) is 0 Å². The van der Waals surface area contributed by atoms with Crippen molar-refractivity contribution in [3.8, 4) is 11.5 Å². The number of hydrogen-bond acceptors (Lipinski definition) is 3. The smallest absolute Gasteiger partial charge is 0.231 e. The van der Waals surface area contributed by atoms with E-state index in [1.54, 1.807) is 0 Å². The second-order valence-corrected chi connectivity index (χ2v) is 4.20. The van der Waals surface area contributed by atoms with Gasteiger partial charge < -0.3 is 14.8 Å². The molecule has 1 N–H and O–H groups in total. The Hall–Kier alpha value is -1.22. The van der Waals surface area contributed by atoms with Crippen LogP contribution in [0.4, 0.5) is 0 Å². The fourth-order valence-electron chi connectivity index (χ4n) is 2.39. The van der Waals surface area contributed by atoms with Gasteiger partial charge in [-0.15, -0.1) is 0 Å². The molecule has 0 radical (unpaired) electrons. The molecular formula is C12H15NO2. The van der Waals surface area contributed by atoms with Crippen molar-refractivity contribution in [2.24, 2.45) is 0 Å². The average Bonchev–Trinajstić information content (AvgIpc) is 2.72. The third kappa shape index (κ3) is 1.47. The van der Waals surface area contributed by atoms with E-state index in [9.17, 15) is 0 Å². The highest BCUT2D eigenvalue weighted by Gasteiger charge is 2.22. The van der Waals surface area contributed by atoms with E-state index in [0.29, 0.717) is 12.8 Å². The molecule has 0 spiro atoms. The summed E-state index contributed by atoms with van der Waals surface area (Å²) >= 11 is 0. The first-order valence-corrected chi connectivity index (χ1v) is 5.45. The van der Waals surface area contributed by atoms with Gasteiger partial charge in [-0.05, 0) is 49.6 Å². The van der Waals surface area contributed by atoms with Gasteiger partial charge in [-0.2, -0.15) is 0 Å². The van der Waals surface area contributed by atoms with Gasteiger partial charge in [0.1, 0.15) is 0 Å². The van der Waals surface area contributed by atoms with E-state index in [4.69, 9.17) is 9.47 Å². The van der Waals surface area contributed by atoms with Crippen LogP contribution in [0, 0.1) is 0 Å². The molecule has 0 amide bonds. The normalized spacial score (nSPS) is 22.6. The molecule has 3 heteroatoms. The van der Waals surface area contributed by atoms with Crippen LogP contribution in [0.1, 0.15) is 17.5 Å². The molecule has 3 nitrogen and oxygen atoms in total. The number of aryl methyl sites for hydroxylation is 1. The summed E-state index contributed by atoms with van der Waals surface area (Å²) in [6.07, 6.45) is 3.45. The third-order valence-electron chi connectivity index (χ3n) is 3.33. The first kappa shape index (κ1) is 9.04. The fourth-order valence-corrected chi connectivity index (χ4v) is 2.39. The third-order valence-corrected chi connectivity index (χ3v) is 3.33. The Morgan fingerprint density at radius 1 is 1.20 bits per heavy atom. The van der Waals surface area contributed by atoms with Crippen LogP contribution in [0.5, 0.6) is 11.5 Å². The Balaban J connectivity index is 1.97. The van der Waals surface area contributed by atoms with Crippen molar-refractivity contribution in [3.05, 3.63) is 23.3 Å². The minimum absolute atomic E-state index is 0.369. The van der Waals surface area contributed by atoms with E-state index in [1.165, 1.54) is 17.5 Å². The lowest BCUT2D eigenvalue weighted by molar-refractivity contribution is 0.174. The molecular weight excluding hydrogens is 190 g/mol. The van der Waals surface area contributed by atoms with Gasteiger partial charge in [-0.25, -0.2) is 0 Å². The first-order valence-electron chi connectivity index (χ1n) is 5.45. The van der Waals surface area contributed by atoms with Gasteiger partial charge in [-0.3, -0.25) is 0 Å². The van der Waals surface area contributed by atoms with Crippen LogP contribution >= 0.6 is 0 Å². The van der Waals surface area contributed by atoms with Gasteiger partial charge in [-0.1, -0.05) is 0 Å². The Kier molecular flexibility index (Phi) is 2.06. The average molecular weight is 205 g/mol. The number of nitrogens with one attached hydrogen (secondary N) is 1. The zero-order valence-corrected chi connectivity index (χ0v) is 8.88. The minimum Gasteiger partial charge on any atom is -0.454 e. The summed E-state index contributed by atoms with van der Waals surface area (Å²) in [6.45, 7) is 0.369. The van der Waals surface area contributed by atoms with Crippen molar-refractivity contribution in [2.75, 3.05) is 13.8 Å².